The summed E-state index contributed by atoms with van der Waals surface area (Å²) in [4.78, 5) is 10.6. The molecule has 2 rings (SSSR count). The van der Waals surface area contributed by atoms with Crippen LogP contribution in [0.3, 0.4) is 0 Å². The normalized spacial score (nSPS) is 10.6. The highest BCUT2D eigenvalue weighted by atomic mass is 35.5. The monoisotopic (exact) mass is 318 g/mol. The number of carboxylic acids is 1. The van der Waals surface area contributed by atoms with Crippen LogP contribution in [0.1, 0.15) is 5.56 Å². The van der Waals surface area contributed by atoms with Gasteiger partial charge >= 0.3 is 5.97 Å². The largest absolute Gasteiger partial charge is 0.490 e. The second-order valence-corrected chi connectivity index (χ2v) is 4.80. The topological polar surface area (TPSA) is 55.8 Å². The predicted octanol–water partition coefficient (Wildman–Crippen LogP) is 3.90. The highest BCUT2D eigenvalue weighted by Crippen LogP contribution is 2.20. The molecule has 0 fully saturated rings. The summed E-state index contributed by atoms with van der Waals surface area (Å²) in [5.41, 5.74) is 0.705. The van der Waals surface area contributed by atoms with Gasteiger partial charge in [-0.3, -0.25) is 0 Å². The van der Waals surface area contributed by atoms with Crippen LogP contribution in [0.15, 0.2) is 54.6 Å². The molecule has 0 atom stereocenters. The molecule has 0 aliphatic rings. The van der Waals surface area contributed by atoms with E-state index in [-0.39, 0.29) is 0 Å². The van der Waals surface area contributed by atoms with Gasteiger partial charge in [0.15, 0.2) is 0 Å². The van der Waals surface area contributed by atoms with Crippen molar-refractivity contribution in [2.24, 2.45) is 0 Å². The Balaban J connectivity index is 1.86. The second kappa shape index (κ2) is 8.10. The van der Waals surface area contributed by atoms with Crippen LogP contribution in [0.25, 0.3) is 6.08 Å². The number of carboxylic acid groups (broad SMARTS) is 1. The highest BCUT2D eigenvalue weighted by Gasteiger charge is 2.01. The van der Waals surface area contributed by atoms with Crippen molar-refractivity contribution in [1.29, 1.82) is 0 Å². The van der Waals surface area contributed by atoms with Crippen LogP contribution in [0.4, 0.5) is 0 Å². The average molecular weight is 319 g/mol. The summed E-state index contributed by atoms with van der Waals surface area (Å²) >= 11 is 5.79. The average Bonchev–Trinajstić information content (AvgIpc) is 2.52. The minimum absolute atomic E-state index is 0.348. The molecule has 0 radical (unpaired) electrons. The van der Waals surface area contributed by atoms with E-state index in [1.807, 2.05) is 12.1 Å². The summed E-state index contributed by atoms with van der Waals surface area (Å²) in [6.45, 7) is 0.721. The van der Waals surface area contributed by atoms with Gasteiger partial charge in [0.2, 0.25) is 0 Å². The van der Waals surface area contributed by atoms with Gasteiger partial charge in [-0.05, 0) is 36.4 Å². The number of halogens is 1. The van der Waals surface area contributed by atoms with Crippen molar-refractivity contribution in [3.63, 3.8) is 0 Å². The molecule has 0 heterocycles. The minimum Gasteiger partial charge on any atom is -0.490 e. The van der Waals surface area contributed by atoms with Crippen molar-refractivity contribution < 1.29 is 19.4 Å². The van der Waals surface area contributed by atoms with Gasteiger partial charge in [0.1, 0.15) is 24.7 Å². The molecule has 22 heavy (non-hydrogen) atoms. The van der Waals surface area contributed by atoms with E-state index in [0.717, 1.165) is 6.08 Å². The summed E-state index contributed by atoms with van der Waals surface area (Å²) in [6, 6.07) is 14.3. The Morgan fingerprint density at radius 3 is 2.45 bits per heavy atom. The van der Waals surface area contributed by atoms with E-state index < -0.39 is 5.97 Å². The fraction of sp³-hybridized carbons (Fsp3) is 0.118. The quantitative estimate of drug-likeness (QED) is 0.621. The Morgan fingerprint density at radius 1 is 1.05 bits per heavy atom. The SMILES string of the molecule is O=C(O)C=Cc1ccccc1OCCOc1ccc(Cl)cc1. The van der Waals surface area contributed by atoms with E-state index in [4.69, 9.17) is 26.2 Å². The second-order valence-electron chi connectivity index (χ2n) is 4.36. The van der Waals surface area contributed by atoms with E-state index in [2.05, 4.69) is 0 Å². The lowest BCUT2D eigenvalue weighted by atomic mass is 10.2. The molecule has 4 nitrogen and oxygen atoms in total. The Hall–Kier alpha value is -2.46. The zero-order valence-corrected chi connectivity index (χ0v) is 12.5. The highest BCUT2D eigenvalue weighted by molar-refractivity contribution is 6.30. The fourth-order valence-corrected chi connectivity index (χ4v) is 1.88. The maximum absolute atomic E-state index is 10.6. The maximum Gasteiger partial charge on any atom is 0.328 e. The zero-order chi connectivity index (χ0) is 15.8. The molecule has 2 aromatic carbocycles. The van der Waals surface area contributed by atoms with Crippen LogP contribution in [0.2, 0.25) is 5.02 Å². The molecule has 0 bridgehead atoms. The number of ether oxygens (including phenoxy) is 2. The summed E-state index contributed by atoms with van der Waals surface area (Å²) < 4.78 is 11.1. The van der Waals surface area contributed by atoms with Gasteiger partial charge in [-0.2, -0.15) is 0 Å². The molecule has 0 unspecified atom stereocenters. The third-order valence-electron chi connectivity index (χ3n) is 2.75. The maximum atomic E-state index is 10.6. The summed E-state index contributed by atoms with van der Waals surface area (Å²) in [5, 5.41) is 9.32. The van der Waals surface area contributed by atoms with Crippen molar-refractivity contribution in [1.82, 2.24) is 0 Å². The number of hydrogen-bond donors (Lipinski definition) is 1. The van der Waals surface area contributed by atoms with Crippen molar-refractivity contribution in [2.45, 2.75) is 0 Å². The molecule has 2 aromatic rings. The van der Waals surface area contributed by atoms with Gasteiger partial charge in [-0.25, -0.2) is 4.79 Å². The van der Waals surface area contributed by atoms with Crippen LogP contribution in [-0.2, 0) is 4.79 Å². The Morgan fingerprint density at radius 2 is 1.73 bits per heavy atom. The third-order valence-corrected chi connectivity index (χ3v) is 3.00. The molecule has 0 saturated carbocycles. The molecule has 0 aliphatic heterocycles. The first-order valence-corrected chi connectivity index (χ1v) is 7.04. The first-order valence-electron chi connectivity index (χ1n) is 6.66. The molecule has 1 N–H and O–H groups in total. The predicted molar refractivity (Wildman–Crippen MR) is 85.6 cm³/mol. The summed E-state index contributed by atoms with van der Waals surface area (Å²) in [5.74, 6) is 0.327. The summed E-state index contributed by atoms with van der Waals surface area (Å²) in [6.07, 6.45) is 2.57. The standard InChI is InChI=1S/C17H15ClO4/c18-14-6-8-15(9-7-14)21-11-12-22-16-4-2-1-3-13(16)5-10-17(19)20/h1-10H,11-12H2,(H,19,20). The van der Waals surface area contributed by atoms with Crippen molar-refractivity contribution in [2.75, 3.05) is 13.2 Å². The molecule has 0 spiro atoms. The van der Waals surface area contributed by atoms with Crippen LogP contribution in [0, 0.1) is 0 Å². The number of para-hydroxylation sites is 1. The minimum atomic E-state index is -0.999. The molecule has 5 heteroatoms. The van der Waals surface area contributed by atoms with Crippen LogP contribution in [0.5, 0.6) is 11.5 Å². The van der Waals surface area contributed by atoms with Gasteiger partial charge in [0.05, 0.1) is 0 Å². The smallest absolute Gasteiger partial charge is 0.328 e. The number of benzene rings is 2. The Kier molecular flexibility index (Phi) is 5.86. The van der Waals surface area contributed by atoms with Crippen LogP contribution >= 0.6 is 11.6 Å². The molecule has 0 saturated heterocycles. The number of carbonyl (C=O) groups is 1. The molecule has 0 aromatic heterocycles. The Labute approximate surface area is 133 Å². The van der Waals surface area contributed by atoms with Gasteiger partial charge in [0.25, 0.3) is 0 Å². The lowest BCUT2D eigenvalue weighted by molar-refractivity contribution is -0.131. The van der Waals surface area contributed by atoms with Gasteiger partial charge in [-0.1, -0.05) is 29.8 Å². The van der Waals surface area contributed by atoms with Gasteiger partial charge in [0, 0.05) is 16.7 Å². The van der Waals surface area contributed by atoms with E-state index in [9.17, 15) is 4.79 Å². The molecule has 114 valence electrons. The molecule has 0 aliphatic carbocycles. The molecule has 0 amide bonds. The van der Waals surface area contributed by atoms with Gasteiger partial charge in [-0.15, -0.1) is 0 Å². The van der Waals surface area contributed by atoms with Crippen molar-refractivity contribution in [3.8, 4) is 11.5 Å². The van der Waals surface area contributed by atoms with E-state index in [1.54, 1.807) is 36.4 Å². The van der Waals surface area contributed by atoms with Crippen molar-refractivity contribution in [3.05, 3.63) is 65.2 Å². The van der Waals surface area contributed by atoms with E-state index >= 15 is 0 Å². The van der Waals surface area contributed by atoms with E-state index in [0.29, 0.717) is 35.3 Å². The number of aliphatic carboxylic acids is 1. The molecular weight excluding hydrogens is 304 g/mol. The Bertz CT molecular complexity index is 650. The number of hydrogen-bond acceptors (Lipinski definition) is 3. The summed E-state index contributed by atoms with van der Waals surface area (Å²) in [7, 11) is 0. The molecular formula is C17H15ClO4. The first kappa shape index (κ1) is 15.9. The van der Waals surface area contributed by atoms with Crippen LogP contribution < -0.4 is 9.47 Å². The zero-order valence-electron chi connectivity index (χ0n) is 11.7. The first-order chi connectivity index (χ1) is 10.6. The van der Waals surface area contributed by atoms with Gasteiger partial charge < -0.3 is 14.6 Å². The van der Waals surface area contributed by atoms with E-state index in [1.165, 1.54) is 6.08 Å². The lowest BCUT2D eigenvalue weighted by Crippen LogP contribution is -2.09. The fourth-order valence-electron chi connectivity index (χ4n) is 1.75. The van der Waals surface area contributed by atoms with Crippen molar-refractivity contribution >= 4 is 23.6 Å². The van der Waals surface area contributed by atoms with Crippen LogP contribution in [-0.4, -0.2) is 24.3 Å². The number of rotatable bonds is 7. The third kappa shape index (κ3) is 5.14. The lowest BCUT2D eigenvalue weighted by Gasteiger charge is -2.10.